The van der Waals surface area contributed by atoms with Gasteiger partial charge in [-0.25, -0.2) is 9.59 Å². The second-order valence-electron chi connectivity index (χ2n) is 7.98. The number of fused-ring (bicyclic) bond motifs is 2. The molecule has 2 bridgehead atoms. The van der Waals surface area contributed by atoms with Gasteiger partial charge in [-0.2, -0.15) is 0 Å². The molecule has 3 rings (SSSR count). The van der Waals surface area contributed by atoms with Gasteiger partial charge in [-0.1, -0.05) is 26.7 Å². The molecule has 30 heavy (non-hydrogen) atoms. The van der Waals surface area contributed by atoms with Crippen molar-refractivity contribution in [2.24, 2.45) is 17.8 Å². The van der Waals surface area contributed by atoms with Gasteiger partial charge in [-0.15, -0.1) is 0 Å². The largest absolute Gasteiger partial charge is 0.478 e. The van der Waals surface area contributed by atoms with Gasteiger partial charge in [0.15, 0.2) is 0 Å². The number of hydrogen-bond donors (Lipinski definition) is 4. The molecule has 2 aliphatic rings. The van der Waals surface area contributed by atoms with E-state index in [1.165, 1.54) is 32.7 Å². The van der Waals surface area contributed by atoms with Gasteiger partial charge < -0.3 is 20.8 Å². The summed E-state index contributed by atoms with van der Waals surface area (Å²) < 4.78 is 0. The summed E-state index contributed by atoms with van der Waals surface area (Å²) in [4.78, 5) is 47.6. The van der Waals surface area contributed by atoms with E-state index in [2.05, 4.69) is 24.5 Å². The van der Waals surface area contributed by atoms with E-state index >= 15 is 0 Å². The first-order valence-electron chi connectivity index (χ1n) is 10.4. The molecule has 0 aliphatic heterocycles. The third-order valence-electron chi connectivity index (χ3n) is 5.74. The van der Waals surface area contributed by atoms with Crippen LogP contribution < -0.4 is 10.6 Å². The Kier molecular flexibility index (Phi) is 7.97. The number of carbonyl (C=O) groups excluding carboxylic acids is 2. The van der Waals surface area contributed by atoms with E-state index in [-0.39, 0.29) is 11.1 Å². The fourth-order valence-corrected chi connectivity index (χ4v) is 4.41. The van der Waals surface area contributed by atoms with E-state index in [4.69, 9.17) is 0 Å². The smallest absolute Gasteiger partial charge is 0.336 e. The first kappa shape index (κ1) is 23.4. The zero-order valence-corrected chi connectivity index (χ0v) is 17.7. The van der Waals surface area contributed by atoms with Crippen molar-refractivity contribution in [3.8, 4) is 0 Å². The molecule has 0 saturated heterocycles. The third kappa shape index (κ3) is 5.17. The first-order chi connectivity index (χ1) is 14.2. The second kappa shape index (κ2) is 10.2. The van der Waals surface area contributed by atoms with E-state index in [1.807, 2.05) is 0 Å². The molecule has 2 amide bonds. The predicted molar refractivity (Wildman–Crippen MR) is 111 cm³/mol. The Bertz CT molecular complexity index is 835. The van der Waals surface area contributed by atoms with Crippen molar-refractivity contribution >= 4 is 23.8 Å². The molecule has 2 fully saturated rings. The molecule has 0 aromatic heterocycles. The number of carboxylic acid groups (broad SMARTS) is 2. The fourth-order valence-electron chi connectivity index (χ4n) is 4.41. The minimum atomic E-state index is -1.44. The molecule has 164 valence electrons. The highest BCUT2D eigenvalue weighted by Crippen LogP contribution is 2.47. The van der Waals surface area contributed by atoms with Crippen LogP contribution in [0.5, 0.6) is 0 Å². The van der Waals surface area contributed by atoms with E-state index in [9.17, 15) is 29.4 Å². The standard InChI is InChI=1S/C19H22N2O6.C3H8/c1-20-16(22)12-6-13(15(19(26)27)7-14(12)18(24)25)17(23)21-8-11-5-9-2-3-10(11)4-9;1-3-2/h6-7,9-11H,2-5,8H2,1H3,(H,20,22)(H,21,23)(H,24,25)(H,26,27);3H2,1-2H3. The maximum atomic E-state index is 12.6. The zero-order chi connectivity index (χ0) is 22.4. The van der Waals surface area contributed by atoms with Crippen LogP contribution in [0, 0.1) is 17.8 Å². The Labute approximate surface area is 176 Å². The van der Waals surface area contributed by atoms with E-state index in [1.54, 1.807) is 0 Å². The van der Waals surface area contributed by atoms with E-state index in [0.29, 0.717) is 18.4 Å². The Balaban J connectivity index is 0.00000101. The summed E-state index contributed by atoms with van der Waals surface area (Å²) in [7, 11) is 1.33. The Morgan fingerprint density at radius 3 is 1.87 bits per heavy atom. The normalized spacial score (nSPS) is 21.4. The first-order valence-corrected chi connectivity index (χ1v) is 10.4. The SMILES string of the molecule is CCC.CNC(=O)c1cc(C(=O)NCC2CC3CCC2C3)c(C(=O)O)cc1C(=O)O. The molecular weight excluding hydrogens is 388 g/mol. The molecule has 8 heteroatoms. The van der Waals surface area contributed by atoms with Gasteiger partial charge in [0, 0.05) is 13.6 Å². The van der Waals surface area contributed by atoms with Gasteiger partial charge in [0.25, 0.3) is 11.8 Å². The number of aromatic carboxylic acids is 2. The number of benzene rings is 1. The van der Waals surface area contributed by atoms with Gasteiger partial charge >= 0.3 is 11.9 Å². The van der Waals surface area contributed by atoms with Crippen molar-refractivity contribution in [1.82, 2.24) is 10.6 Å². The van der Waals surface area contributed by atoms with Gasteiger partial charge in [-0.3, -0.25) is 9.59 Å². The molecule has 2 saturated carbocycles. The number of carbonyl (C=O) groups is 4. The van der Waals surface area contributed by atoms with Crippen molar-refractivity contribution in [2.45, 2.75) is 46.0 Å². The highest BCUT2D eigenvalue weighted by atomic mass is 16.4. The van der Waals surface area contributed by atoms with Crippen LogP contribution in [0.1, 0.15) is 87.4 Å². The number of nitrogens with one attached hydrogen (secondary N) is 2. The molecule has 3 atom stereocenters. The molecule has 2 aliphatic carbocycles. The number of carboxylic acids is 2. The number of amides is 2. The monoisotopic (exact) mass is 418 g/mol. The second-order valence-corrected chi connectivity index (χ2v) is 7.98. The summed E-state index contributed by atoms with van der Waals surface area (Å²) in [6, 6.07) is 1.91. The lowest BCUT2D eigenvalue weighted by molar-refractivity contribution is 0.0687. The summed E-state index contributed by atoms with van der Waals surface area (Å²) >= 11 is 0. The van der Waals surface area contributed by atoms with Crippen molar-refractivity contribution in [3.05, 3.63) is 34.4 Å². The molecule has 0 radical (unpaired) electrons. The Hall–Kier alpha value is -2.90. The van der Waals surface area contributed by atoms with Gasteiger partial charge in [0.1, 0.15) is 0 Å². The predicted octanol–water partition coefficient (Wildman–Crippen LogP) is 3.02. The molecule has 0 heterocycles. The molecule has 1 aromatic carbocycles. The summed E-state index contributed by atoms with van der Waals surface area (Å²) in [6.45, 7) is 4.70. The topological polar surface area (TPSA) is 133 Å². The average molecular weight is 418 g/mol. The van der Waals surface area contributed by atoms with Crippen LogP contribution in [0.3, 0.4) is 0 Å². The van der Waals surface area contributed by atoms with Crippen LogP contribution in [-0.2, 0) is 0 Å². The van der Waals surface area contributed by atoms with Crippen molar-refractivity contribution in [2.75, 3.05) is 13.6 Å². The van der Waals surface area contributed by atoms with Crippen LogP contribution in [0.4, 0.5) is 0 Å². The lowest BCUT2D eigenvalue weighted by Crippen LogP contribution is -2.33. The van der Waals surface area contributed by atoms with E-state index < -0.39 is 34.9 Å². The van der Waals surface area contributed by atoms with Gasteiger partial charge in [-0.05, 0) is 49.1 Å². The van der Waals surface area contributed by atoms with Crippen molar-refractivity contribution in [1.29, 1.82) is 0 Å². The molecule has 0 spiro atoms. The van der Waals surface area contributed by atoms with Crippen molar-refractivity contribution in [3.63, 3.8) is 0 Å². The van der Waals surface area contributed by atoms with Crippen LogP contribution in [0.25, 0.3) is 0 Å². The average Bonchev–Trinajstić information content (AvgIpc) is 3.34. The maximum Gasteiger partial charge on any atom is 0.336 e. The number of rotatable bonds is 6. The van der Waals surface area contributed by atoms with E-state index in [0.717, 1.165) is 24.5 Å². The number of hydrogen-bond acceptors (Lipinski definition) is 4. The highest BCUT2D eigenvalue weighted by Gasteiger charge is 2.39. The van der Waals surface area contributed by atoms with Crippen LogP contribution in [0.15, 0.2) is 12.1 Å². The summed E-state index contributed by atoms with van der Waals surface area (Å²) in [5, 5.41) is 23.8. The molecule has 3 unspecified atom stereocenters. The summed E-state index contributed by atoms with van der Waals surface area (Å²) in [5.41, 5.74) is -1.36. The summed E-state index contributed by atoms with van der Waals surface area (Å²) in [5.74, 6) is -2.47. The van der Waals surface area contributed by atoms with Crippen molar-refractivity contribution < 1.29 is 29.4 Å². The van der Waals surface area contributed by atoms with Gasteiger partial charge in [0.05, 0.1) is 22.3 Å². The van der Waals surface area contributed by atoms with Crippen LogP contribution in [-0.4, -0.2) is 47.6 Å². The van der Waals surface area contributed by atoms with Crippen LogP contribution >= 0.6 is 0 Å². The summed E-state index contributed by atoms with van der Waals surface area (Å²) in [6.07, 6.45) is 5.91. The minimum absolute atomic E-state index is 0.214. The molecule has 1 aromatic rings. The lowest BCUT2D eigenvalue weighted by Gasteiger charge is -2.22. The maximum absolute atomic E-state index is 12.6. The third-order valence-corrected chi connectivity index (χ3v) is 5.74. The fraction of sp³-hybridized carbons (Fsp3) is 0.545. The molecule has 8 nitrogen and oxygen atoms in total. The minimum Gasteiger partial charge on any atom is -0.478 e. The Morgan fingerprint density at radius 2 is 1.43 bits per heavy atom. The lowest BCUT2D eigenvalue weighted by atomic mass is 9.88. The highest BCUT2D eigenvalue weighted by molar-refractivity contribution is 6.11. The quantitative estimate of drug-likeness (QED) is 0.561. The molecular formula is C22H30N2O6. The molecule has 4 N–H and O–H groups in total. The Morgan fingerprint density at radius 1 is 0.900 bits per heavy atom. The van der Waals surface area contributed by atoms with Crippen LogP contribution in [0.2, 0.25) is 0 Å². The van der Waals surface area contributed by atoms with Gasteiger partial charge in [0.2, 0.25) is 0 Å². The zero-order valence-electron chi connectivity index (χ0n) is 17.7.